The highest BCUT2D eigenvalue weighted by Crippen LogP contribution is 2.26. The molecule has 0 saturated carbocycles. The molecular formula is C18H17N3O6S. The van der Waals surface area contributed by atoms with Gasteiger partial charge in [-0.2, -0.15) is 0 Å². The lowest BCUT2D eigenvalue weighted by molar-refractivity contribution is -0.135. The van der Waals surface area contributed by atoms with Crippen molar-refractivity contribution in [2.75, 3.05) is 10.8 Å². The molecule has 3 N–H and O–H groups in total. The molecule has 0 aliphatic carbocycles. The Hall–Kier alpha value is -3.40. The predicted molar refractivity (Wildman–Crippen MR) is 103 cm³/mol. The van der Waals surface area contributed by atoms with Gasteiger partial charge in [-0.3, -0.25) is 18.7 Å². The summed E-state index contributed by atoms with van der Waals surface area (Å²) in [5, 5.41) is 9.24. The molecule has 1 aromatic heterocycles. The van der Waals surface area contributed by atoms with Crippen LogP contribution in [-0.2, 0) is 14.8 Å². The van der Waals surface area contributed by atoms with Gasteiger partial charge in [-0.15, -0.1) is 0 Å². The van der Waals surface area contributed by atoms with Crippen molar-refractivity contribution in [3.8, 4) is 0 Å². The lowest BCUT2D eigenvalue weighted by atomic mass is 10.1. The highest BCUT2D eigenvalue weighted by molar-refractivity contribution is 7.92. The van der Waals surface area contributed by atoms with E-state index in [1.807, 2.05) is 6.07 Å². The van der Waals surface area contributed by atoms with Crippen molar-refractivity contribution in [2.24, 2.45) is 0 Å². The zero-order valence-corrected chi connectivity index (χ0v) is 15.8. The fraction of sp³-hybridized carbons (Fsp3) is 0.167. The first-order chi connectivity index (χ1) is 13.1. The van der Waals surface area contributed by atoms with Crippen LogP contribution in [0.1, 0.15) is 11.1 Å². The van der Waals surface area contributed by atoms with Gasteiger partial charge in [0.15, 0.2) is 0 Å². The third-order valence-corrected chi connectivity index (χ3v) is 5.82. The van der Waals surface area contributed by atoms with E-state index in [-0.39, 0.29) is 21.6 Å². The minimum absolute atomic E-state index is 0.112. The third-order valence-electron chi connectivity index (χ3n) is 4.05. The maximum absolute atomic E-state index is 13.2. The molecule has 0 bridgehead atoms. The molecule has 9 nitrogen and oxygen atoms in total. The molecule has 0 radical (unpaired) electrons. The van der Waals surface area contributed by atoms with Crippen molar-refractivity contribution in [2.45, 2.75) is 18.7 Å². The number of carboxylic acids is 1. The topological polar surface area (TPSA) is 140 Å². The Morgan fingerprint density at radius 1 is 0.964 bits per heavy atom. The molecule has 0 atom stereocenters. The number of carboxylic acid groups (broad SMARTS) is 1. The summed E-state index contributed by atoms with van der Waals surface area (Å²) in [6, 6.07) is 8.75. The number of aromatic nitrogens is 2. The van der Waals surface area contributed by atoms with Crippen molar-refractivity contribution >= 4 is 32.7 Å². The summed E-state index contributed by atoms with van der Waals surface area (Å²) in [7, 11) is -4.26. The van der Waals surface area contributed by atoms with Gasteiger partial charge in [-0.1, -0.05) is 6.07 Å². The zero-order chi connectivity index (χ0) is 20.6. The molecule has 0 aliphatic rings. The number of H-pyrrole nitrogens is 2. The molecule has 0 fully saturated rings. The summed E-state index contributed by atoms with van der Waals surface area (Å²) >= 11 is 0. The number of sulfonamides is 1. The predicted octanol–water partition coefficient (Wildman–Crippen LogP) is 1.11. The van der Waals surface area contributed by atoms with Crippen molar-refractivity contribution in [3.05, 3.63) is 68.2 Å². The van der Waals surface area contributed by atoms with Gasteiger partial charge in [-0.25, -0.2) is 8.42 Å². The Labute approximate surface area is 159 Å². The molecule has 1 heterocycles. The lowest BCUT2D eigenvalue weighted by Gasteiger charge is -2.23. The maximum Gasteiger partial charge on any atom is 0.324 e. The lowest BCUT2D eigenvalue weighted by Crippen LogP contribution is -2.36. The summed E-state index contributed by atoms with van der Waals surface area (Å²) in [5.41, 5.74) is 0.364. The van der Waals surface area contributed by atoms with E-state index >= 15 is 0 Å². The van der Waals surface area contributed by atoms with Crippen LogP contribution >= 0.6 is 0 Å². The van der Waals surface area contributed by atoms with E-state index in [1.54, 1.807) is 26.0 Å². The number of nitrogens with one attached hydrogen (secondary N) is 2. The summed E-state index contributed by atoms with van der Waals surface area (Å²) in [4.78, 5) is 38.7. The Bertz CT molecular complexity index is 1290. The second-order valence-corrected chi connectivity index (χ2v) is 8.23. The second-order valence-electron chi connectivity index (χ2n) is 6.37. The Morgan fingerprint density at radius 3 is 2.11 bits per heavy atom. The van der Waals surface area contributed by atoms with E-state index in [4.69, 9.17) is 0 Å². The van der Waals surface area contributed by atoms with Gasteiger partial charge < -0.3 is 15.1 Å². The minimum atomic E-state index is -4.26. The number of anilines is 1. The van der Waals surface area contributed by atoms with Crippen LogP contribution in [0.25, 0.3) is 11.0 Å². The van der Waals surface area contributed by atoms with E-state index in [1.165, 1.54) is 18.2 Å². The monoisotopic (exact) mass is 403 g/mol. The van der Waals surface area contributed by atoms with E-state index < -0.39 is 33.7 Å². The number of carbonyl (C=O) groups is 1. The number of fused-ring (bicyclic) bond motifs is 1. The quantitative estimate of drug-likeness (QED) is 0.545. The van der Waals surface area contributed by atoms with Crippen molar-refractivity contribution in [1.29, 1.82) is 0 Å². The van der Waals surface area contributed by atoms with Crippen LogP contribution in [0.3, 0.4) is 0 Å². The number of hydrogen-bond acceptors (Lipinski definition) is 5. The number of benzene rings is 2. The molecule has 3 rings (SSSR count). The summed E-state index contributed by atoms with van der Waals surface area (Å²) in [6.07, 6.45) is 0. The van der Waals surface area contributed by atoms with Crippen molar-refractivity contribution in [1.82, 2.24) is 9.97 Å². The molecule has 146 valence electrons. The summed E-state index contributed by atoms with van der Waals surface area (Å²) in [6.45, 7) is 2.78. The highest BCUT2D eigenvalue weighted by Gasteiger charge is 2.28. The van der Waals surface area contributed by atoms with Crippen LogP contribution in [0.4, 0.5) is 5.69 Å². The van der Waals surface area contributed by atoms with Crippen molar-refractivity contribution in [3.63, 3.8) is 0 Å². The van der Waals surface area contributed by atoms with E-state index in [2.05, 4.69) is 9.97 Å². The fourth-order valence-electron chi connectivity index (χ4n) is 2.91. The number of aromatic amines is 2. The van der Waals surface area contributed by atoms with Gasteiger partial charge >= 0.3 is 17.1 Å². The van der Waals surface area contributed by atoms with Crippen LogP contribution in [-0.4, -0.2) is 36.0 Å². The van der Waals surface area contributed by atoms with Crippen LogP contribution in [0, 0.1) is 13.8 Å². The van der Waals surface area contributed by atoms with Crippen LogP contribution < -0.4 is 15.4 Å². The number of nitrogens with zero attached hydrogens (tertiary/aromatic N) is 1. The largest absolute Gasteiger partial charge is 0.480 e. The first-order valence-corrected chi connectivity index (χ1v) is 9.61. The molecule has 0 saturated heterocycles. The average Bonchev–Trinajstić information content (AvgIpc) is 2.59. The molecule has 3 aromatic rings. The Kier molecular flexibility index (Phi) is 4.82. The molecule has 0 aliphatic heterocycles. The van der Waals surface area contributed by atoms with E-state index in [0.29, 0.717) is 0 Å². The molecule has 0 unspecified atom stereocenters. The van der Waals surface area contributed by atoms with Crippen LogP contribution in [0.2, 0.25) is 0 Å². The van der Waals surface area contributed by atoms with Crippen molar-refractivity contribution < 1.29 is 18.3 Å². The highest BCUT2D eigenvalue weighted by atomic mass is 32.2. The maximum atomic E-state index is 13.2. The molecule has 2 aromatic carbocycles. The Morgan fingerprint density at radius 2 is 1.54 bits per heavy atom. The minimum Gasteiger partial charge on any atom is -0.480 e. The van der Waals surface area contributed by atoms with Gasteiger partial charge in [0.25, 0.3) is 10.0 Å². The number of hydrogen-bond donors (Lipinski definition) is 3. The molecule has 28 heavy (non-hydrogen) atoms. The number of aliphatic carboxylic acids is 1. The standard InChI is InChI=1S/C18H17N3O6S/c1-10-5-11(2)7-12(6-10)21(9-16(22)23)28(26,27)13-3-4-14-15(8-13)20-18(25)17(24)19-14/h3-8H,9H2,1-2H3,(H,19,24)(H,20,25)(H,22,23). The SMILES string of the molecule is Cc1cc(C)cc(N(CC(=O)O)S(=O)(=O)c2ccc3[nH]c(=O)c(=O)[nH]c3c2)c1. The fourth-order valence-corrected chi connectivity index (χ4v) is 4.34. The number of aryl methyl sites for hydroxylation is 2. The first-order valence-electron chi connectivity index (χ1n) is 8.17. The molecular weight excluding hydrogens is 386 g/mol. The van der Waals surface area contributed by atoms with Gasteiger partial charge in [0.1, 0.15) is 6.54 Å². The Balaban J connectivity index is 2.19. The number of rotatable bonds is 5. The zero-order valence-electron chi connectivity index (χ0n) is 15.0. The van der Waals surface area contributed by atoms with Gasteiger partial charge in [0.05, 0.1) is 21.6 Å². The summed E-state index contributed by atoms with van der Waals surface area (Å²) in [5.74, 6) is -1.32. The van der Waals surface area contributed by atoms with Gasteiger partial charge in [0, 0.05) is 0 Å². The molecule has 10 heteroatoms. The van der Waals surface area contributed by atoms with Crippen LogP contribution in [0.15, 0.2) is 50.9 Å². The van der Waals surface area contributed by atoms with Gasteiger partial charge in [-0.05, 0) is 55.3 Å². The molecule has 0 spiro atoms. The average molecular weight is 403 g/mol. The third kappa shape index (κ3) is 3.67. The van der Waals surface area contributed by atoms with E-state index in [9.17, 15) is 27.9 Å². The first kappa shape index (κ1) is 19.4. The van der Waals surface area contributed by atoms with Gasteiger partial charge in [0.2, 0.25) is 0 Å². The molecule has 0 amide bonds. The smallest absolute Gasteiger partial charge is 0.324 e. The normalized spacial score (nSPS) is 11.5. The summed E-state index contributed by atoms with van der Waals surface area (Å²) < 4.78 is 27.2. The van der Waals surface area contributed by atoms with E-state index in [0.717, 1.165) is 15.4 Å². The second kappa shape index (κ2) is 6.97. The van der Waals surface area contributed by atoms with Crippen LogP contribution in [0.5, 0.6) is 0 Å².